The second-order valence-corrected chi connectivity index (χ2v) is 8.19. The zero-order valence-corrected chi connectivity index (χ0v) is 17.5. The standard InChI is InChI=1S/C24H27N3O4/c28-23-17-4-1-2-5-18(17)24(29)22-20(26-14-16-15-31-16)7-6-19(21(22)23)25-8-3-9-27-10-12-30-13-11-27/h1-2,4-7,16,25-26H,3,8-15H2/t16-/m0/s1. The number of benzene rings is 2. The molecule has 2 aliphatic heterocycles. The first-order valence-electron chi connectivity index (χ1n) is 11.0. The van der Waals surface area contributed by atoms with Crippen LogP contribution in [0.1, 0.15) is 38.3 Å². The lowest BCUT2D eigenvalue weighted by atomic mass is 9.82. The molecular formula is C24H27N3O4. The van der Waals surface area contributed by atoms with Crippen LogP contribution in [0.4, 0.5) is 11.4 Å². The number of anilines is 2. The molecule has 0 amide bonds. The normalized spacial score (nSPS) is 20.2. The number of nitrogens with one attached hydrogen (secondary N) is 2. The molecule has 7 nitrogen and oxygen atoms in total. The molecule has 2 aromatic carbocycles. The van der Waals surface area contributed by atoms with Gasteiger partial charge in [0.15, 0.2) is 11.6 Å². The van der Waals surface area contributed by atoms with E-state index in [9.17, 15) is 9.59 Å². The van der Waals surface area contributed by atoms with Crippen LogP contribution in [0.2, 0.25) is 0 Å². The summed E-state index contributed by atoms with van der Waals surface area (Å²) in [5.74, 6) is -0.214. The SMILES string of the molecule is O=C1c2ccccc2C(=O)c2c(NC[C@H]3CO3)ccc(NCCCN3CCOCC3)c21. The summed E-state index contributed by atoms with van der Waals surface area (Å²) in [4.78, 5) is 29.1. The highest BCUT2D eigenvalue weighted by atomic mass is 16.6. The molecule has 2 saturated heterocycles. The smallest absolute Gasteiger partial charge is 0.196 e. The zero-order valence-electron chi connectivity index (χ0n) is 17.5. The predicted octanol–water partition coefficient (Wildman–Crippen LogP) is 2.41. The molecule has 31 heavy (non-hydrogen) atoms. The monoisotopic (exact) mass is 421 g/mol. The fourth-order valence-corrected chi connectivity index (χ4v) is 4.28. The molecule has 0 unspecified atom stereocenters. The Morgan fingerprint density at radius 3 is 2.13 bits per heavy atom. The highest BCUT2D eigenvalue weighted by molar-refractivity contribution is 6.31. The summed E-state index contributed by atoms with van der Waals surface area (Å²) in [6.45, 7) is 6.57. The lowest BCUT2D eigenvalue weighted by Crippen LogP contribution is -2.37. The Morgan fingerprint density at radius 1 is 0.903 bits per heavy atom. The average molecular weight is 421 g/mol. The van der Waals surface area contributed by atoms with Gasteiger partial charge in [-0.1, -0.05) is 24.3 Å². The fourth-order valence-electron chi connectivity index (χ4n) is 4.28. The van der Waals surface area contributed by atoms with Crippen LogP contribution in [0.15, 0.2) is 36.4 Å². The van der Waals surface area contributed by atoms with Gasteiger partial charge in [-0.3, -0.25) is 14.5 Å². The highest BCUT2D eigenvalue weighted by Gasteiger charge is 2.34. The van der Waals surface area contributed by atoms with Gasteiger partial charge in [0, 0.05) is 48.7 Å². The third kappa shape index (κ3) is 4.21. The summed E-state index contributed by atoms with van der Waals surface area (Å²) >= 11 is 0. The number of carbonyl (C=O) groups excluding carboxylic acids is 2. The number of ether oxygens (including phenoxy) is 2. The largest absolute Gasteiger partial charge is 0.384 e. The van der Waals surface area contributed by atoms with Crippen LogP contribution >= 0.6 is 0 Å². The molecule has 7 heteroatoms. The molecule has 2 fully saturated rings. The molecule has 0 saturated carbocycles. The van der Waals surface area contributed by atoms with Gasteiger partial charge in [0.25, 0.3) is 0 Å². The van der Waals surface area contributed by atoms with Crippen LogP contribution in [0, 0.1) is 0 Å². The maximum atomic E-state index is 13.4. The predicted molar refractivity (Wildman–Crippen MR) is 118 cm³/mol. The Bertz CT molecular complexity index is 996. The number of hydrogen-bond donors (Lipinski definition) is 2. The lowest BCUT2D eigenvalue weighted by molar-refractivity contribution is 0.0378. The first kappa shape index (κ1) is 20.2. The van der Waals surface area contributed by atoms with Crippen molar-refractivity contribution in [1.29, 1.82) is 0 Å². The van der Waals surface area contributed by atoms with Gasteiger partial charge in [0.05, 0.1) is 37.1 Å². The van der Waals surface area contributed by atoms with Gasteiger partial charge < -0.3 is 20.1 Å². The fraction of sp³-hybridized carbons (Fsp3) is 0.417. The Labute approximate surface area is 181 Å². The molecule has 1 atom stereocenters. The van der Waals surface area contributed by atoms with E-state index in [0.29, 0.717) is 34.5 Å². The summed E-state index contributed by atoms with van der Waals surface area (Å²) in [5, 5.41) is 6.72. The summed E-state index contributed by atoms with van der Waals surface area (Å²) in [6.07, 6.45) is 1.13. The molecule has 5 rings (SSSR count). The summed E-state index contributed by atoms with van der Waals surface area (Å²) in [7, 11) is 0. The first-order chi connectivity index (χ1) is 15.2. The molecular weight excluding hydrogens is 394 g/mol. The number of carbonyl (C=O) groups is 2. The van der Waals surface area contributed by atoms with E-state index >= 15 is 0 Å². The van der Waals surface area contributed by atoms with Gasteiger partial charge in [-0.25, -0.2) is 0 Å². The van der Waals surface area contributed by atoms with Crippen molar-refractivity contribution in [3.8, 4) is 0 Å². The Kier molecular flexibility index (Phi) is 5.72. The van der Waals surface area contributed by atoms with E-state index in [-0.39, 0.29) is 17.7 Å². The first-order valence-corrected chi connectivity index (χ1v) is 11.0. The van der Waals surface area contributed by atoms with Crippen molar-refractivity contribution in [3.63, 3.8) is 0 Å². The maximum absolute atomic E-state index is 13.4. The third-order valence-electron chi connectivity index (χ3n) is 6.07. The van der Waals surface area contributed by atoms with Gasteiger partial charge in [-0.05, 0) is 25.1 Å². The Hall–Kier alpha value is -2.74. The van der Waals surface area contributed by atoms with E-state index in [1.807, 2.05) is 12.1 Å². The molecule has 2 aromatic rings. The van der Waals surface area contributed by atoms with Crippen LogP contribution in [0.5, 0.6) is 0 Å². The maximum Gasteiger partial charge on any atom is 0.196 e. The minimum Gasteiger partial charge on any atom is -0.384 e. The third-order valence-corrected chi connectivity index (χ3v) is 6.07. The Morgan fingerprint density at radius 2 is 1.52 bits per heavy atom. The van der Waals surface area contributed by atoms with Crippen molar-refractivity contribution in [2.24, 2.45) is 0 Å². The number of rotatable bonds is 8. The van der Waals surface area contributed by atoms with Crippen molar-refractivity contribution >= 4 is 22.9 Å². The number of hydrogen-bond acceptors (Lipinski definition) is 7. The molecule has 0 aromatic heterocycles. The molecule has 0 spiro atoms. The van der Waals surface area contributed by atoms with E-state index < -0.39 is 0 Å². The van der Waals surface area contributed by atoms with Crippen LogP contribution in [0.25, 0.3) is 0 Å². The average Bonchev–Trinajstić information content (AvgIpc) is 3.64. The van der Waals surface area contributed by atoms with Crippen LogP contribution in [-0.2, 0) is 9.47 Å². The van der Waals surface area contributed by atoms with Crippen LogP contribution in [-0.4, -0.2) is 75.1 Å². The summed E-state index contributed by atoms with van der Waals surface area (Å²) in [5.41, 5.74) is 3.28. The lowest BCUT2D eigenvalue weighted by Gasteiger charge is -2.27. The minimum absolute atomic E-state index is 0.104. The van der Waals surface area contributed by atoms with Gasteiger partial charge >= 0.3 is 0 Å². The van der Waals surface area contributed by atoms with Crippen molar-refractivity contribution in [3.05, 3.63) is 58.7 Å². The summed E-state index contributed by atoms with van der Waals surface area (Å²) in [6, 6.07) is 10.9. The molecule has 0 radical (unpaired) electrons. The molecule has 3 aliphatic rings. The van der Waals surface area contributed by atoms with Crippen molar-refractivity contribution < 1.29 is 19.1 Å². The second-order valence-electron chi connectivity index (χ2n) is 8.19. The summed E-state index contributed by atoms with van der Waals surface area (Å²) < 4.78 is 10.7. The molecule has 2 N–H and O–H groups in total. The number of epoxide rings is 1. The van der Waals surface area contributed by atoms with Gasteiger partial charge in [-0.2, -0.15) is 0 Å². The van der Waals surface area contributed by atoms with E-state index in [0.717, 1.165) is 58.1 Å². The number of morpholine rings is 1. The number of ketones is 2. The van der Waals surface area contributed by atoms with E-state index in [2.05, 4.69) is 15.5 Å². The number of nitrogens with zero attached hydrogens (tertiary/aromatic N) is 1. The quantitative estimate of drug-likeness (QED) is 0.427. The topological polar surface area (TPSA) is 83.2 Å². The number of fused-ring (bicyclic) bond motifs is 2. The van der Waals surface area contributed by atoms with Crippen molar-refractivity contribution in [2.45, 2.75) is 12.5 Å². The Balaban J connectivity index is 1.38. The van der Waals surface area contributed by atoms with Crippen molar-refractivity contribution in [2.75, 3.05) is 63.2 Å². The van der Waals surface area contributed by atoms with E-state index in [1.54, 1.807) is 24.3 Å². The van der Waals surface area contributed by atoms with E-state index in [4.69, 9.17) is 9.47 Å². The minimum atomic E-state index is -0.110. The highest BCUT2D eigenvalue weighted by Crippen LogP contribution is 2.36. The molecule has 1 aliphatic carbocycles. The zero-order chi connectivity index (χ0) is 21.2. The molecule has 162 valence electrons. The van der Waals surface area contributed by atoms with Gasteiger partial charge in [0.2, 0.25) is 0 Å². The van der Waals surface area contributed by atoms with Crippen LogP contribution < -0.4 is 10.6 Å². The molecule has 2 heterocycles. The van der Waals surface area contributed by atoms with E-state index in [1.165, 1.54) is 0 Å². The molecule has 0 bridgehead atoms. The second kappa shape index (κ2) is 8.78. The van der Waals surface area contributed by atoms with Crippen molar-refractivity contribution in [1.82, 2.24) is 4.90 Å². The van der Waals surface area contributed by atoms with Crippen LogP contribution in [0.3, 0.4) is 0 Å². The van der Waals surface area contributed by atoms with Gasteiger partial charge in [-0.15, -0.1) is 0 Å². The van der Waals surface area contributed by atoms with Gasteiger partial charge in [0.1, 0.15) is 0 Å².